The number of hydrogen-bond donors (Lipinski definition) is 1. The molecule has 0 bridgehead atoms. The molecule has 0 aromatic heterocycles. The van der Waals surface area contributed by atoms with Gasteiger partial charge in [0, 0.05) is 11.6 Å². The normalized spacial score (nSPS) is 13.8. The molecule has 0 aliphatic carbocycles. The van der Waals surface area contributed by atoms with Gasteiger partial charge in [0.2, 0.25) is 0 Å². The van der Waals surface area contributed by atoms with Gasteiger partial charge in [0.15, 0.2) is 0 Å². The van der Waals surface area contributed by atoms with Crippen LogP contribution < -0.4 is 5.73 Å². The van der Waals surface area contributed by atoms with E-state index < -0.39 is 11.6 Å². The summed E-state index contributed by atoms with van der Waals surface area (Å²) in [6.07, 6.45) is 1.06. The average Bonchev–Trinajstić information content (AvgIpc) is 2.17. The van der Waals surface area contributed by atoms with E-state index in [1.807, 2.05) is 20.8 Å². The average molecular weight is 306 g/mol. The van der Waals surface area contributed by atoms with Crippen molar-refractivity contribution >= 4 is 15.9 Å². The predicted molar refractivity (Wildman–Crippen MR) is 69.8 cm³/mol. The van der Waals surface area contributed by atoms with Crippen molar-refractivity contribution in [2.75, 3.05) is 0 Å². The van der Waals surface area contributed by atoms with Gasteiger partial charge in [0.1, 0.15) is 11.6 Å². The van der Waals surface area contributed by atoms with E-state index in [0.29, 0.717) is 10.9 Å². The van der Waals surface area contributed by atoms with Crippen LogP contribution in [-0.4, -0.2) is 6.04 Å². The van der Waals surface area contributed by atoms with Gasteiger partial charge in [-0.05, 0) is 53.2 Å². The van der Waals surface area contributed by atoms with Gasteiger partial charge in [-0.1, -0.05) is 13.8 Å². The summed E-state index contributed by atoms with van der Waals surface area (Å²) in [5.41, 5.74) is 5.65. The quantitative estimate of drug-likeness (QED) is 0.835. The van der Waals surface area contributed by atoms with E-state index >= 15 is 0 Å². The number of benzene rings is 1. The Morgan fingerprint density at radius 3 is 2.47 bits per heavy atom. The van der Waals surface area contributed by atoms with Gasteiger partial charge in [-0.25, -0.2) is 8.78 Å². The fourth-order valence-corrected chi connectivity index (χ4v) is 2.52. The minimum atomic E-state index is -0.511. The first-order valence-corrected chi connectivity index (χ1v) is 6.40. The molecule has 0 amide bonds. The third-order valence-electron chi connectivity index (χ3n) is 2.67. The van der Waals surface area contributed by atoms with Gasteiger partial charge in [-0.2, -0.15) is 0 Å². The molecule has 0 heterocycles. The molecular formula is C13H18BrF2N. The molecule has 0 saturated heterocycles. The summed E-state index contributed by atoms with van der Waals surface area (Å²) < 4.78 is 27.7. The maximum atomic E-state index is 13.8. The van der Waals surface area contributed by atoms with Crippen LogP contribution in [0.2, 0.25) is 0 Å². The molecule has 1 unspecified atom stereocenters. The zero-order chi connectivity index (χ0) is 13.2. The fourth-order valence-electron chi connectivity index (χ4n) is 2.15. The van der Waals surface area contributed by atoms with E-state index in [1.54, 1.807) is 0 Å². The molecule has 1 atom stereocenters. The van der Waals surface area contributed by atoms with Crippen LogP contribution in [0, 0.1) is 17.0 Å². The minimum absolute atomic E-state index is 0.0169. The van der Waals surface area contributed by atoms with Crippen LogP contribution in [-0.2, 0) is 6.42 Å². The number of hydrogen-bond acceptors (Lipinski definition) is 1. The molecule has 0 radical (unpaired) electrons. The van der Waals surface area contributed by atoms with Crippen molar-refractivity contribution in [2.24, 2.45) is 11.1 Å². The van der Waals surface area contributed by atoms with E-state index in [1.165, 1.54) is 12.1 Å². The summed E-state index contributed by atoms with van der Waals surface area (Å²) in [4.78, 5) is 0. The monoisotopic (exact) mass is 305 g/mol. The molecule has 0 spiro atoms. The molecule has 1 rings (SSSR count). The van der Waals surface area contributed by atoms with E-state index in [9.17, 15) is 8.78 Å². The molecule has 1 nitrogen and oxygen atoms in total. The Hall–Kier alpha value is -0.480. The smallest absolute Gasteiger partial charge is 0.143 e. The van der Waals surface area contributed by atoms with Crippen molar-refractivity contribution in [3.8, 4) is 0 Å². The van der Waals surface area contributed by atoms with E-state index in [2.05, 4.69) is 15.9 Å². The fraction of sp³-hybridized carbons (Fsp3) is 0.538. The van der Waals surface area contributed by atoms with E-state index in [0.717, 1.165) is 6.42 Å². The Morgan fingerprint density at radius 2 is 1.94 bits per heavy atom. The first-order chi connectivity index (χ1) is 7.73. The second kappa shape index (κ2) is 5.44. The highest BCUT2D eigenvalue weighted by Crippen LogP contribution is 2.31. The molecule has 1 aromatic carbocycles. The predicted octanol–water partition coefficient (Wildman–Crippen LogP) is 4.03. The van der Waals surface area contributed by atoms with Crippen LogP contribution in [0.5, 0.6) is 0 Å². The zero-order valence-electron chi connectivity index (χ0n) is 10.4. The molecule has 1 aromatic rings. The highest BCUT2D eigenvalue weighted by Gasteiger charge is 2.24. The first kappa shape index (κ1) is 14.6. The molecule has 4 heteroatoms. The number of nitrogens with two attached hydrogens (primary N) is 1. The zero-order valence-corrected chi connectivity index (χ0v) is 11.9. The Balaban J connectivity index is 2.99. The summed E-state index contributed by atoms with van der Waals surface area (Å²) in [6, 6.07) is 2.68. The van der Waals surface area contributed by atoms with Gasteiger partial charge in [-0.15, -0.1) is 0 Å². The third-order valence-corrected chi connectivity index (χ3v) is 3.28. The maximum Gasteiger partial charge on any atom is 0.143 e. The highest BCUT2D eigenvalue weighted by molar-refractivity contribution is 9.10. The summed E-state index contributed by atoms with van der Waals surface area (Å²) in [7, 11) is 0. The second-order valence-corrected chi connectivity index (χ2v) is 6.20. The lowest BCUT2D eigenvalue weighted by Crippen LogP contribution is -2.27. The summed E-state index contributed by atoms with van der Waals surface area (Å²) in [6.45, 7) is 5.83. The van der Waals surface area contributed by atoms with Gasteiger partial charge < -0.3 is 5.73 Å². The maximum absolute atomic E-state index is 13.8. The third kappa shape index (κ3) is 4.03. The van der Waals surface area contributed by atoms with E-state index in [-0.39, 0.29) is 17.0 Å². The van der Waals surface area contributed by atoms with Crippen LogP contribution >= 0.6 is 15.9 Å². The Kier molecular flexibility index (Phi) is 4.67. The van der Waals surface area contributed by atoms with Crippen LogP contribution in [0.25, 0.3) is 0 Å². The molecule has 0 saturated carbocycles. The molecular weight excluding hydrogens is 288 g/mol. The van der Waals surface area contributed by atoms with Crippen molar-refractivity contribution < 1.29 is 8.78 Å². The van der Waals surface area contributed by atoms with Crippen molar-refractivity contribution in [1.82, 2.24) is 0 Å². The summed E-state index contributed by atoms with van der Waals surface area (Å²) in [5, 5.41) is 0. The van der Waals surface area contributed by atoms with Crippen LogP contribution in [0.1, 0.15) is 32.8 Å². The Morgan fingerprint density at radius 1 is 1.35 bits per heavy atom. The lowest BCUT2D eigenvalue weighted by molar-refractivity contribution is 0.300. The summed E-state index contributed by atoms with van der Waals surface area (Å²) in [5.74, 6) is -1.01. The number of halogens is 3. The van der Waals surface area contributed by atoms with Gasteiger partial charge >= 0.3 is 0 Å². The summed E-state index contributed by atoms with van der Waals surface area (Å²) >= 11 is 3.07. The first-order valence-electron chi connectivity index (χ1n) is 5.61. The van der Waals surface area contributed by atoms with Gasteiger partial charge in [0.25, 0.3) is 0 Å². The molecule has 2 N–H and O–H groups in total. The second-order valence-electron chi connectivity index (χ2n) is 5.34. The lowest BCUT2D eigenvalue weighted by atomic mass is 9.80. The van der Waals surface area contributed by atoms with Crippen LogP contribution in [0.4, 0.5) is 8.78 Å². The van der Waals surface area contributed by atoms with Crippen molar-refractivity contribution in [3.63, 3.8) is 0 Å². The van der Waals surface area contributed by atoms with Gasteiger partial charge in [0.05, 0.1) is 4.47 Å². The molecule has 0 aliphatic heterocycles. The largest absolute Gasteiger partial charge is 0.328 e. The SMILES string of the molecule is CC(N)CC(C)(C)Cc1c(F)ccc(Br)c1F. The Labute approximate surface area is 110 Å². The molecule has 0 aliphatic rings. The molecule has 96 valence electrons. The minimum Gasteiger partial charge on any atom is -0.328 e. The van der Waals surface area contributed by atoms with Crippen LogP contribution in [0.15, 0.2) is 16.6 Å². The van der Waals surface area contributed by atoms with Crippen LogP contribution in [0.3, 0.4) is 0 Å². The molecule has 0 fully saturated rings. The topological polar surface area (TPSA) is 26.0 Å². The van der Waals surface area contributed by atoms with Crippen molar-refractivity contribution in [2.45, 2.75) is 39.7 Å². The van der Waals surface area contributed by atoms with Gasteiger partial charge in [-0.3, -0.25) is 0 Å². The van der Waals surface area contributed by atoms with E-state index in [4.69, 9.17) is 5.73 Å². The van der Waals surface area contributed by atoms with Crippen molar-refractivity contribution in [1.29, 1.82) is 0 Å². The standard InChI is InChI=1S/C13H18BrF2N/c1-8(17)6-13(2,3)7-9-11(15)5-4-10(14)12(9)16/h4-5,8H,6-7,17H2,1-3H3. The lowest BCUT2D eigenvalue weighted by Gasteiger charge is -2.27. The Bertz CT molecular complexity index is 403. The van der Waals surface area contributed by atoms with Crippen molar-refractivity contribution in [3.05, 3.63) is 33.8 Å². The molecule has 17 heavy (non-hydrogen) atoms. The number of rotatable bonds is 4. The highest BCUT2D eigenvalue weighted by atomic mass is 79.9.